The Bertz CT molecular complexity index is 922. The number of alkyl halides is 1. The maximum atomic E-state index is 13.6. The Labute approximate surface area is 203 Å². The predicted octanol–water partition coefficient (Wildman–Crippen LogP) is 0.870. The van der Waals surface area contributed by atoms with E-state index in [0.717, 1.165) is 0 Å². The summed E-state index contributed by atoms with van der Waals surface area (Å²) in [6.07, 6.45) is -0.402. The molecule has 1 aliphatic heterocycles. The van der Waals surface area contributed by atoms with E-state index in [1.54, 1.807) is 13.8 Å². The standard InChI is InChI=1S/C20H25BBrFN2O9/c1-10(2)5-14(21-33-17(29)8-20(34-21,19(31)32)7-16(27)28)25-15(26)9-24-18(30)12-6-11(23)3-4-13(12)22/h3-4,10-11,14H,5-9H2,1-2H3,(H,24,30)(H,25,26)(H,27,28)(H,31,32)/t11?,14-,20-/m0/s1. The SMILES string of the molecule is CC(C)C[C@H](NC(=O)CNC(=O)C1=C(Br)C=CC(F)C1)B1OC(=O)C[C@@](CC(=O)O)(C(=O)O)O1. The third-order valence-corrected chi connectivity index (χ3v) is 5.81. The third-order valence-electron chi connectivity index (χ3n) is 5.07. The molecule has 1 saturated heterocycles. The molecule has 34 heavy (non-hydrogen) atoms. The Morgan fingerprint density at radius 1 is 1.32 bits per heavy atom. The lowest BCUT2D eigenvalue weighted by molar-refractivity contribution is -0.175. The van der Waals surface area contributed by atoms with Gasteiger partial charge in [0.2, 0.25) is 11.8 Å². The molecule has 2 aliphatic rings. The maximum Gasteiger partial charge on any atom is 0.552 e. The van der Waals surface area contributed by atoms with Crippen LogP contribution in [0.5, 0.6) is 0 Å². The van der Waals surface area contributed by atoms with Gasteiger partial charge in [0.15, 0.2) is 5.60 Å². The molecule has 4 N–H and O–H groups in total. The van der Waals surface area contributed by atoms with Gasteiger partial charge in [-0.1, -0.05) is 29.8 Å². The van der Waals surface area contributed by atoms with E-state index in [0.29, 0.717) is 4.48 Å². The number of carbonyl (C=O) groups is 5. The fourth-order valence-electron chi connectivity index (χ4n) is 3.53. The van der Waals surface area contributed by atoms with E-state index in [1.807, 2.05) is 0 Å². The number of allylic oxidation sites excluding steroid dienone is 3. The normalized spacial score (nSPS) is 23.4. The molecule has 14 heteroatoms. The summed E-state index contributed by atoms with van der Waals surface area (Å²) in [5, 5.41) is 23.6. The summed E-state index contributed by atoms with van der Waals surface area (Å²) < 4.78 is 24.5. The fraction of sp³-hybridized carbons (Fsp3) is 0.550. The third kappa shape index (κ3) is 7.39. The molecule has 0 saturated carbocycles. The minimum atomic E-state index is -2.35. The lowest BCUT2D eigenvalue weighted by Crippen LogP contribution is -2.61. The van der Waals surface area contributed by atoms with E-state index in [-0.39, 0.29) is 24.3 Å². The number of carboxylic acids is 2. The van der Waals surface area contributed by atoms with Crippen molar-refractivity contribution in [3.8, 4) is 0 Å². The van der Waals surface area contributed by atoms with Crippen LogP contribution < -0.4 is 10.6 Å². The van der Waals surface area contributed by atoms with Crippen LogP contribution in [0.4, 0.5) is 4.39 Å². The number of halogens is 2. The minimum absolute atomic E-state index is 0.0700. The highest BCUT2D eigenvalue weighted by Gasteiger charge is 2.54. The summed E-state index contributed by atoms with van der Waals surface area (Å²) in [5.41, 5.74) is -2.22. The van der Waals surface area contributed by atoms with E-state index >= 15 is 0 Å². The van der Waals surface area contributed by atoms with Crippen molar-refractivity contribution < 1.29 is 47.9 Å². The van der Waals surface area contributed by atoms with Crippen LogP contribution in [0.25, 0.3) is 0 Å². The molecule has 0 aromatic rings. The van der Waals surface area contributed by atoms with Crippen molar-refractivity contribution in [1.29, 1.82) is 0 Å². The molecular formula is C20H25BBrFN2O9. The summed E-state index contributed by atoms with van der Waals surface area (Å²) in [7, 11) is -1.56. The average Bonchev–Trinajstić information content (AvgIpc) is 2.71. The van der Waals surface area contributed by atoms with Crippen molar-refractivity contribution in [2.24, 2.45) is 5.92 Å². The van der Waals surface area contributed by atoms with Gasteiger partial charge >= 0.3 is 19.1 Å². The first-order chi connectivity index (χ1) is 15.8. The molecule has 11 nitrogen and oxygen atoms in total. The molecule has 1 heterocycles. The number of rotatable bonds is 10. The molecule has 0 spiro atoms. The molecule has 2 rings (SSSR count). The van der Waals surface area contributed by atoms with E-state index < -0.39 is 73.9 Å². The van der Waals surface area contributed by atoms with Gasteiger partial charge in [-0.3, -0.25) is 19.2 Å². The van der Waals surface area contributed by atoms with Gasteiger partial charge in [-0.25, -0.2) is 9.18 Å². The first-order valence-electron chi connectivity index (χ1n) is 10.4. The van der Waals surface area contributed by atoms with Crippen molar-refractivity contribution in [3.05, 3.63) is 22.2 Å². The van der Waals surface area contributed by atoms with Crippen LogP contribution in [0.1, 0.15) is 39.5 Å². The van der Waals surface area contributed by atoms with Gasteiger partial charge in [0, 0.05) is 16.5 Å². The van der Waals surface area contributed by atoms with Crippen LogP contribution in [0.2, 0.25) is 0 Å². The van der Waals surface area contributed by atoms with E-state index in [1.165, 1.54) is 12.2 Å². The molecule has 186 valence electrons. The van der Waals surface area contributed by atoms with Crippen molar-refractivity contribution >= 4 is 52.8 Å². The van der Waals surface area contributed by atoms with Crippen LogP contribution in [0.3, 0.4) is 0 Å². The molecule has 2 amide bonds. The minimum Gasteiger partial charge on any atom is -0.508 e. The quantitative estimate of drug-likeness (QED) is 0.290. The first-order valence-corrected chi connectivity index (χ1v) is 11.2. The predicted molar refractivity (Wildman–Crippen MR) is 119 cm³/mol. The van der Waals surface area contributed by atoms with E-state index in [9.17, 15) is 33.5 Å². The zero-order chi connectivity index (χ0) is 25.6. The molecule has 0 bridgehead atoms. The van der Waals surface area contributed by atoms with Crippen LogP contribution >= 0.6 is 15.9 Å². The largest absolute Gasteiger partial charge is 0.552 e. The Hall–Kier alpha value is -2.74. The van der Waals surface area contributed by atoms with Crippen LogP contribution in [0.15, 0.2) is 22.2 Å². The fourth-order valence-corrected chi connectivity index (χ4v) is 4.02. The smallest absolute Gasteiger partial charge is 0.508 e. The summed E-state index contributed by atoms with van der Waals surface area (Å²) in [6, 6.07) is 0. The summed E-state index contributed by atoms with van der Waals surface area (Å²) in [5.74, 6) is -6.58. The monoisotopic (exact) mass is 546 g/mol. The highest BCUT2D eigenvalue weighted by atomic mass is 79.9. The van der Waals surface area contributed by atoms with Crippen LogP contribution in [-0.2, 0) is 33.3 Å². The first kappa shape index (κ1) is 27.5. The second kappa shape index (κ2) is 11.6. The Kier molecular flexibility index (Phi) is 9.39. The molecule has 1 aliphatic carbocycles. The van der Waals surface area contributed by atoms with Gasteiger partial charge in [0.25, 0.3) is 5.97 Å². The molecule has 0 aromatic carbocycles. The zero-order valence-corrected chi connectivity index (χ0v) is 20.1. The van der Waals surface area contributed by atoms with Crippen molar-refractivity contribution in [2.45, 2.75) is 57.2 Å². The molecule has 1 fully saturated rings. The number of amides is 2. The van der Waals surface area contributed by atoms with Gasteiger partial charge in [0.05, 0.1) is 25.3 Å². The van der Waals surface area contributed by atoms with Crippen LogP contribution in [-0.4, -0.2) is 71.3 Å². The summed E-state index contributed by atoms with van der Waals surface area (Å²) in [4.78, 5) is 60.0. The number of aliphatic carboxylic acids is 2. The molecule has 1 unspecified atom stereocenters. The molecule has 0 aromatic heterocycles. The second-order valence-corrected chi connectivity index (χ2v) is 9.27. The number of hydrogen-bond acceptors (Lipinski definition) is 7. The number of hydrogen-bond donors (Lipinski definition) is 4. The molecular weight excluding hydrogens is 522 g/mol. The number of carbonyl (C=O) groups excluding carboxylic acids is 3. The summed E-state index contributed by atoms with van der Waals surface area (Å²) in [6.45, 7) is 3.08. The highest BCUT2D eigenvalue weighted by Crippen LogP contribution is 2.30. The average molecular weight is 547 g/mol. The van der Waals surface area contributed by atoms with Gasteiger partial charge in [0.1, 0.15) is 6.17 Å². The van der Waals surface area contributed by atoms with E-state index in [4.69, 9.17) is 14.4 Å². The van der Waals surface area contributed by atoms with Gasteiger partial charge < -0.3 is 30.2 Å². The van der Waals surface area contributed by atoms with Crippen molar-refractivity contribution in [1.82, 2.24) is 10.6 Å². The topological polar surface area (TPSA) is 168 Å². The highest BCUT2D eigenvalue weighted by molar-refractivity contribution is 9.12. The molecule has 3 atom stereocenters. The lowest BCUT2D eigenvalue weighted by atomic mass is 9.70. The van der Waals surface area contributed by atoms with Gasteiger partial charge in [-0.05, 0) is 24.5 Å². The van der Waals surface area contributed by atoms with Crippen molar-refractivity contribution in [2.75, 3.05) is 6.54 Å². The van der Waals surface area contributed by atoms with Crippen molar-refractivity contribution in [3.63, 3.8) is 0 Å². The zero-order valence-electron chi connectivity index (χ0n) is 18.5. The van der Waals surface area contributed by atoms with E-state index in [2.05, 4.69) is 26.6 Å². The van der Waals surface area contributed by atoms with Crippen LogP contribution in [0, 0.1) is 5.92 Å². The Morgan fingerprint density at radius 2 is 2.00 bits per heavy atom. The van der Waals surface area contributed by atoms with Gasteiger partial charge in [-0.15, -0.1) is 0 Å². The Balaban J connectivity index is 2.11. The van der Waals surface area contributed by atoms with Gasteiger partial charge in [-0.2, -0.15) is 0 Å². The summed E-state index contributed by atoms with van der Waals surface area (Å²) >= 11 is 3.16. The second-order valence-electron chi connectivity index (χ2n) is 8.41. The molecule has 0 radical (unpaired) electrons. The Morgan fingerprint density at radius 3 is 2.59 bits per heavy atom. The maximum absolute atomic E-state index is 13.6. The lowest BCUT2D eigenvalue weighted by Gasteiger charge is -2.37. The number of carboxylic acid groups (broad SMARTS) is 2. The number of nitrogens with one attached hydrogen (secondary N) is 2.